The number of H-pyrrole nitrogens is 1. The van der Waals surface area contributed by atoms with Crippen LogP contribution in [0.5, 0.6) is 0 Å². The third-order valence-corrected chi connectivity index (χ3v) is 4.04. The van der Waals surface area contributed by atoms with Crippen LogP contribution in [0.4, 0.5) is 0 Å². The lowest BCUT2D eigenvalue weighted by molar-refractivity contribution is 0.262. The monoisotopic (exact) mass is 239 g/mol. The van der Waals surface area contributed by atoms with E-state index < -0.39 is 0 Å². The smallest absolute Gasteiger partial charge is 0.195 e. The molecule has 0 radical (unpaired) electrons. The van der Waals surface area contributed by atoms with Crippen molar-refractivity contribution in [3.05, 3.63) is 10.6 Å². The van der Waals surface area contributed by atoms with Crippen molar-refractivity contribution in [3.8, 4) is 0 Å². The van der Waals surface area contributed by atoms with Crippen molar-refractivity contribution in [2.45, 2.75) is 52.5 Å². The molecule has 3 nitrogen and oxygen atoms in total. The molecule has 2 rings (SSSR count). The van der Waals surface area contributed by atoms with Gasteiger partial charge in [-0.25, -0.2) is 0 Å². The zero-order valence-electron chi connectivity index (χ0n) is 10.2. The van der Waals surface area contributed by atoms with E-state index in [1.54, 1.807) is 0 Å². The Hall–Kier alpha value is -0.640. The zero-order valence-corrected chi connectivity index (χ0v) is 11.0. The molecule has 0 unspecified atom stereocenters. The number of hydrogen-bond acceptors (Lipinski definition) is 2. The van der Waals surface area contributed by atoms with Crippen molar-refractivity contribution in [3.63, 3.8) is 0 Å². The molecule has 16 heavy (non-hydrogen) atoms. The Bertz CT molecular complexity index is 385. The van der Waals surface area contributed by atoms with Crippen LogP contribution < -0.4 is 0 Å². The minimum absolute atomic E-state index is 0.787. The summed E-state index contributed by atoms with van der Waals surface area (Å²) in [6, 6.07) is 0. The second kappa shape index (κ2) is 5.13. The third kappa shape index (κ3) is 2.54. The van der Waals surface area contributed by atoms with Crippen LogP contribution in [-0.4, -0.2) is 14.8 Å². The fourth-order valence-corrected chi connectivity index (χ4v) is 2.80. The highest BCUT2D eigenvalue weighted by molar-refractivity contribution is 7.71. The highest BCUT2D eigenvalue weighted by Gasteiger charge is 2.19. The van der Waals surface area contributed by atoms with E-state index in [-0.39, 0.29) is 0 Å². The number of nitrogens with one attached hydrogen (secondary N) is 1. The highest BCUT2D eigenvalue weighted by atomic mass is 32.1. The summed E-state index contributed by atoms with van der Waals surface area (Å²) in [5, 5.41) is 7.16. The first-order chi connectivity index (χ1) is 7.70. The summed E-state index contributed by atoms with van der Waals surface area (Å²) >= 11 is 5.28. The number of aryl methyl sites for hydroxylation is 1. The van der Waals surface area contributed by atoms with Gasteiger partial charge in [0.05, 0.1) is 0 Å². The van der Waals surface area contributed by atoms with Gasteiger partial charge in [-0.15, -0.1) is 0 Å². The van der Waals surface area contributed by atoms with Gasteiger partial charge >= 0.3 is 0 Å². The quantitative estimate of drug-likeness (QED) is 0.821. The van der Waals surface area contributed by atoms with Gasteiger partial charge in [-0.3, -0.25) is 5.10 Å². The topological polar surface area (TPSA) is 33.6 Å². The molecular weight excluding hydrogens is 218 g/mol. The fourth-order valence-electron chi connectivity index (χ4n) is 2.58. The summed E-state index contributed by atoms with van der Waals surface area (Å²) in [6.07, 6.45) is 6.39. The van der Waals surface area contributed by atoms with Crippen molar-refractivity contribution in [1.29, 1.82) is 0 Å². The van der Waals surface area contributed by atoms with Crippen molar-refractivity contribution in [2.75, 3.05) is 0 Å². The van der Waals surface area contributed by atoms with Crippen LogP contribution in [0.3, 0.4) is 0 Å². The van der Waals surface area contributed by atoms with Crippen LogP contribution in [0.2, 0.25) is 0 Å². The van der Waals surface area contributed by atoms with Crippen molar-refractivity contribution in [2.24, 2.45) is 11.8 Å². The van der Waals surface area contributed by atoms with Crippen LogP contribution in [0.1, 0.15) is 45.4 Å². The number of nitrogens with zero attached hydrogens (tertiary/aromatic N) is 2. The molecule has 1 heterocycles. The molecule has 0 saturated heterocycles. The maximum atomic E-state index is 5.28. The molecule has 1 saturated carbocycles. The molecule has 0 aromatic carbocycles. The maximum absolute atomic E-state index is 5.28. The molecule has 1 aromatic rings. The lowest BCUT2D eigenvalue weighted by Crippen LogP contribution is -2.19. The van der Waals surface area contributed by atoms with E-state index in [0.29, 0.717) is 0 Å². The van der Waals surface area contributed by atoms with Crippen molar-refractivity contribution in [1.82, 2.24) is 14.8 Å². The molecule has 0 amide bonds. The standard InChI is InChI=1S/C12H21N3S/c1-3-11-13-14-12(16)15(11)8-10-6-4-9(2)5-7-10/h9-10H,3-8H2,1-2H3,(H,14,16). The lowest BCUT2D eigenvalue weighted by Gasteiger charge is -2.26. The minimum Gasteiger partial charge on any atom is -0.304 e. The van der Waals surface area contributed by atoms with Crippen LogP contribution in [0.25, 0.3) is 0 Å². The van der Waals surface area contributed by atoms with Gasteiger partial charge in [0.1, 0.15) is 5.82 Å². The molecular formula is C12H21N3S. The molecule has 0 spiro atoms. The number of aromatic nitrogens is 3. The summed E-state index contributed by atoms with van der Waals surface area (Å²) in [5.41, 5.74) is 0. The summed E-state index contributed by atoms with van der Waals surface area (Å²) in [6.45, 7) is 5.55. The van der Waals surface area contributed by atoms with E-state index in [2.05, 4.69) is 28.6 Å². The summed E-state index contributed by atoms with van der Waals surface area (Å²) in [5.74, 6) is 2.81. The molecule has 4 heteroatoms. The predicted molar refractivity (Wildman–Crippen MR) is 67.9 cm³/mol. The lowest BCUT2D eigenvalue weighted by atomic mass is 9.83. The van der Waals surface area contributed by atoms with E-state index >= 15 is 0 Å². The van der Waals surface area contributed by atoms with Crippen LogP contribution in [0.15, 0.2) is 0 Å². The molecule has 1 aliphatic rings. The Balaban J connectivity index is 2.03. The number of aromatic amines is 1. The van der Waals surface area contributed by atoms with Crippen LogP contribution >= 0.6 is 12.2 Å². The van der Waals surface area contributed by atoms with E-state index in [9.17, 15) is 0 Å². The molecule has 1 fully saturated rings. The van der Waals surface area contributed by atoms with Crippen molar-refractivity contribution >= 4 is 12.2 Å². The zero-order chi connectivity index (χ0) is 11.5. The molecule has 1 N–H and O–H groups in total. The number of hydrogen-bond donors (Lipinski definition) is 1. The van der Waals surface area contributed by atoms with E-state index in [0.717, 1.165) is 35.4 Å². The van der Waals surface area contributed by atoms with Gasteiger partial charge in [0.2, 0.25) is 0 Å². The molecule has 0 bridgehead atoms. The molecule has 1 aliphatic carbocycles. The van der Waals surface area contributed by atoms with Gasteiger partial charge < -0.3 is 4.57 Å². The van der Waals surface area contributed by atoms with Crippen LogP contribution in [-0.2, 0) is 13.0 Å². The molecule has 0 atom stereocenters. The highest BCUT2D eigenvalue weighted by Crippen LogP contribution is 2.29. The number of rotatable bonds is 3. The Kier molecular flexibility index (Phi) is 3.79. The Morgan fingerprint density at radius 2 is 2.06 bits per heavy atom. The average Bonchev–Trinajstić information content (AvgIpc) is 2.63. The van der Waals surface area contributed by atoms with Gasteiger partial charge in [-0.1, -0.05) is 26.7 Å². The fraction of sp³-hybridized carbons (Fsp3) is 0.833. The van der Waals surface area contributed by atoms with Gasteiger partial charge in [0.25, 0.3) is 0 Å². The van der Waals surface area contributed by atoms with Gasteiger partial charge in [-0.2, -0.15) is 5.10 Å². The third-order valence-electron chi connectivity index (χ3n) is 3.73. The van der Waals surface area contributed by atoms with E-state index in [1.807, 2.05) is 0 Å². The second-order valence-electron chi connectivity index (χ2n) is 5.04. The average molecular weight is 239 g/mol. The largest absolute Gasteiger partial charge is 0.304 e. The van der Waals surface area contributed by atoms with E-state index in [1.165, 1.54) is 25.7 Å². The first-order valence-electron chi connectivity index (χ1n) is 6.34. The summed E-state index contributed by atoms with van der Waals surface area (Å²) in [7, 11) is 0. The first kappa shape index (κ1) is 11.8. The molecule has 1 aromatic heterocycles. The Morgan fingerprint density at radius 3 is 2.69 bits per heavy atom. The van der Waals surface area contributed by atoms with E-state index in [4.69, 9.17) is 12.2 Å². The summed E-state index contributed by atoms with van der Waals surface area (Å²) in [4.78, 5) is 0. The van der Waals surface area contributed by atoms with Gasteiger partial charge in [0.15, 0.2) is 4.77 Å². The Labute approximate surface area is 102 Å². The Morgan fingerprint density at radius 1 is 1.38 bits per heavy atom. The summed E-state index contributed by atoms with van der Waals surface area (Å²) < 4.78 is 2.98. The SMILES string of the molecule is CCc1n[nH]c(=S)n1CC1CCC(C)CC1. The molecule has 90 valence electrons. The molecule has 0 aliphatic heterocycles. The minimum atomic E-state index is 0.787. The predicted octanol–water partition coefficient (Wildman–Crippen LogP) is 3.33. The van der Waals surface area contributed by atoms with Gasteiger partial charge in [-0.05, 0) is 36.9 Å². The maximum Gasteiger partial charge on any atom is 0.195 e. The first-order valence-corrected chi connectivity index (χ1v) is 6.75. The van der Waals surface area contributed by atoms with Crippen molar-refractivity contribution < 1.29 is 0 Å². The normalized spacial score (nSPS) is 25.9. The second-order valence-corrected chi connectivity index (χ2v) is 5.42. The van der Waals surface area contributed by atoms with Gasteiger partial charge in [0, 0.05) is 13.0 Å². The van der Waals surface area contributed by atoms with Crippen LogP contribution in [0, 0.1) is 16.6 Å².